The molecule has 38 heavy (non-hydrogen) atoms. The summed E-state index contributed by atoms with van der Waals surface area (Å²) in [6, 6.07) is 18.3. The van der Waals surface area contributed by atoms with E-state index in [1.807, 2.05) is 59.5 Å². The molecule has 1 atom stereocenters. The van der Waals surface area contributed by atoms with E-state index >= 15 is 0 Å². The van der Waals surface area contributed by atoms with Crippen molar-refractivity contribution in [2.75, 3.05) is 30.4 Å². The number of benzene rings is 2. The van der Waals surface area contributed by atoms with E-state index in [9.17, 15) is 18.0 Å². The molecule has 2 aliphatic heterocycles. The molecule has 1 aromatic heterocycles. The van der Waals surface area contributed by atoms with Gasteiger partial charge in [0.05, 0.1) is 28.3 Å². The number of fused-ring (bicyclic) bond motifs is 1. The van der Waals surface area contributed by atoms with Crippen LogP contribution in [-0.4, -0.2) is 47.8 Å². The summed E-state index contributed by atoms with van der Waals surface area (Å²) in [6.07, 6.45) is -2.71. The van der Waals surface area contributed by atoms with Crippen molar-refractivity contribution >= 4 is 23.0 Å². The van der Waals surface area contributed by atoms with E-state index in [4.69, 9.17) is 4.99 Å². The number of aromatic nitrogens is 1. The molecule has 2 aliphatic rings. The van der Waals surface area contributed by atoms with E-state index in [2.05, 4.69) is 17.2 Å². The summed E-state index contributed by atoms with van der Waals surface area (Å²) in [5.74, 6) is 0.212. The number of piperidine rings is 1. The lowest BCUT2D eigenvalue weighted by Gasteiger charge is -2.34. The molecule has 198 valence electrons. The number of para-hydroxylation sites is 1. The second kappa shape index (κ2) is 10.6. The Morgan fingerprint density at radius 2 is 1.74 bits per heavy atom. The van der Waals surface area contributed by atoms with Crippen LogP contribution in [0.5, 0.6) is 0 Å². The van der Waals surface area contributed by atoms with Crippen LogP contribution in [0.4, 0.5) is 24.5 Å². The predicted molar refractivity (Wildman–Crippen MR) is 142 cm³/mol. The first-order valence-corrected chi connectivity index (χ1v) is 12.8. The molecule has 1 amide bonds. The van der Waals surface area contributed by atoms with Crippen LogP contribution in [0, 0.1) is 5.92 Å². The number of nitrogens with one attached hydrogen (secondary N) is 1. The van der Waals surface area contributed by atoms with E-state index in [-0.39, 0.29) is 12.5 Å². The van der Waals surface area contributed by atoms with Crippen LogP contribution < -0.4 is 10.2 Å². The van der Waals surface area contributed by atoms with Gasteiger partial charge < -0.3 is 10.2 Å². The number of hydrogen-bond donors (Lipinski definition) is 1. The number of alkyl halides is 3. The minimum atomic E-state index is -4.49. The Labute approximate surface area is 220 Å². The SMILES string of the molecule is CC1CCN(c2cc(C(F)(F)F)cnc2CN(C)C2N=C(c3ccccc3)c3ccccc3NC2=O)CC1. The number of amides is 1. The average Bonchev–Trinajstić information content (AvgIpc) is 3.05. The average molecular weight is 522 g/mol. The zero-order valence-electron chi connectivity index (χ0n) is 21.4. The summed E-state index contributed by atoms with van der Waals surface area (Å²) in [5, 5.41) is 2.98. The van der Waals surface area contributed by atoms with Gasteiger partial charge >= 0.3 is 6.18 Å². The fourth-order valence-electron chi connectivity index (χ4n) is 4.98. The number of halogens is 3. The van der Waals surface area contributed by atoms with Crippen molar-refractivity contribution in [1.82, 2.24) is 9.88 Å². The van der Waals surface area contributed by atoms with Crippen LogP contribution >= 0.6 is 0 Å². The Morgan fingerprint density at radius 1 is 1.05 bits per heavy atom. The Morgan fingerprint density at radius 3 is 2.45 bits per heavy atom. The topological polar surface area (TPSA) is 60.8 Å². The lowest BCUT2D eigenvalue weighted by Crippen LogP contribution is -2.41. The first-order valence-electron chi connectivity index (χ1n) is 12.8. The molecule has 0 spiro atoms. The van der Waals surface area contributed by atoms with Gasteiger partial charge in [0.1, 0.15) is 0 Å². The smallest absolute Gasteiger partial charge is 0.370 e. The van der Waals surface area contributed by atoms with Crippen molar-refractivity contribution in [2.45, 2.75) is 38.7 Å². The highest BCUT2D eigenvalue weighted by Crippen LogP contribution is 2.34. The number of hydrogen-bond acceptors (Lipinski definition) is 5. The Balaban J connectivity index is 1.50. The fraction of sp³-hybridized carbons (Fsp3) is 0.345. The molecule has 1 unspecified atom stereocenters. The molecule has 5 rings (SSSR count). The molecular formula is C29H30F3N5O. The third-order valence-electron chi connectivity index (χ3n) is 7.19. The van der Waals surface area contributed by atoms with Gasteiger partial charge in [-0.2, -0.15) is 13.2 Å². The number of anilines is 2. The standard InChI is InChI=1S/C29H30F3N5O/c1-19-12-14-37(15-13-19)25-16-21(29(30,31)32)17-33-24(25)18-36(2)27-28(38)34-23-11-7-6-10-22(23)26(35-27)20-8-4-3-5-9-20/h3-11,16-17,19,27H,12-15,18H2,1-2H3,(H,34,38). The predicted octanol–water partition coefficient (Wildman–Crippen LogP) is 5.58. The number of carbonyl (C=O) groups excluding carboxylic acids is 1. The van der Waals surface area contributed by atoms with Crippen molar-refractivity contribution in [3.05, 3.63) is 89.2 Å². The molecule has 0 saturated carbocycles. The van der Waals surface area contributed by atoms with Crippen LogP contribution in [0.1, 0.15) is 42.1 Å². The summed E-state index contributed by atoms with van der Waals surface area (Å²) in [7, 11) is 1.74. The zero-order valence-corrected chi connectivity index (χ0v) is 21.4. The number of likely N-dealkylation sites (N-methyl/N-ethyl adjacent to an activating group) is 1. The molecule has 0 bridgehead atoms. The van der Waals surface area contributed by atoms with Gasteiger partial charge in [-0.1, -0.05) is 55.5 Å². The number of carbonyl (C=O) groups is 1. The maximum Gasteiger partial charge on any atom is 0.417 e. The van der Waals surface area contributed by atoms with Gasteiger partial charge in [0.25, 0.3) is 5.91 Å². The molecule has 1 saturated heterocycles. The van der Waals surface area contributed by atoms with Crippen LogP contribution in [0.3, 0.4) is 0 Å². The van der Waals surface area contributed by atoms with Gasteiger partial charge in [0, 0.05) is 37.0 Å². The highest BCUT2D eigenvalue weighted by molar-refractivity contribution is 6.19. The molecular weight excluding hydrogens is 491 g/mol. The van der Waals surface area contributed by atoms with Gasteiger partial charge in [-0.3, -0.25) is 19.7 Å². The lowest BCUT2D eigenvalue weighted by molar-refractivity contribution is -0.137. The van der Waals surface area contributed by atoms with E-state index in [1.165, 1.54) is 6.07 Å². The molecule has 3 heterocycles. The van der Waals surface area contributed by atoms with Gasteiger partial charge in [-0.05, 0) is 37.9 Å². The van der Waals surface area contributed by atoms with E-state index in [1.54, 1.807) is 11.9 Å². The number of rotatable bonds is 5. The number of benzodiazepines with no additional fused rings is 1. The molecule has 1 N–H and O–H groups in total. The summed E-state index contributed by atoms with van der Waals surface area (Å²) < 4.78 is 40.7. The first kappa shape index (κ1) is 25.9. The molecule has 3 aromatic rings. The minimum Gasteiger partial charge on any atom is -0.370 e. The molecule has 0 radical (unpaired) electrons. The van der Waals surface area contributed by atoms with Gasteiger partial charge in [-0.25, -0.2) is 0 Å². The zero-order chi connectivity index (χ0) is 26.9. The van der Waals surface area contributed by atoms with E-state index in [0.29, 0.717) is 41.8 Å². The molecule has 9 heteroatoms. The quantitative estimate of drug-likeness (QED) is 0.476. The second-order valence-electron chi connectivity index (χ2n) is 10.0. The van der Waals surface area contributed by atoms with Crippen LogP contribution in [0.2, 0.25) is 0 Å². The second-order valence-corrected chi connectivity index (χ2v) is 10.0. The number of aliphatic imine (C=N–C) groups is 1. The minimum absolute atomic E-state index is 0.152. The Kier molecular flexibility index (Phi) is 7.21. The number of pyridine rings is 1. The van der Waals surface area contributed by atoms with Crippen molar-refractivity contribution in [2.24, 2.45) is 10.9 Å². The summed E-state index contributed by atoms with van der Waals surface area (Å²) >= 11 is 0. The molecule has 1 fully saturated rings. The molecule has 0 aliphatic carbocycles. The maximum atomic E-state index is 13.6. The third kappa shape index (κ3) is 5.43. The highest BCUT2D eigenvalue weighted by atomic mass is 19.4. The normalized spacial score (nSPS) is 18.6. The number of nitrogens with zero attached hydrogens (tertiary/aromatic N) is 4. The first-order chi connectivity index (χ1) is 18.2. The Hall–Kier alpha value is -3.72. The fourth-order valence-corrected chi connectivity index (χ4v) is 4.98. The maximum absolute atomic E-state index is 13.6. The van der Waals surface area contributed by atoms with Crippen molar-refractivity contribution in [3.63, 3.8) is 0 Å². The van der Waals surface area contributed by atoms with Crippen LogP contribution in [0.15, 0.2) is 71.9 Å². The highest BCUT2D eigenvalue weighted by Gasteiger charge is 2.34. The lowest BCUT2D eigenvalue weighted by atomic mass is 9.98. The summed E-state index contributed by atoms with van der Waals surface area (Å²) in [6.45, 7) is 3.63. The van der Waals surface area contributed by atoms with Gasteiger partial charge in [0.2, 0.25) is 0 Å². The van der Waals surface area contributed by atoms with E-state index < -0.39 is 17.9 Å². The van der Waals surface area contributed by atoms with E-state index in [0.717, 1.165) is 30.2 Å². The van der Waals surface area contributed by atoms with Gasteiger partial charge in [-0.15, -0.1) is 0 Å². The molecule has 2 aromatic carbocycles. The third-order valence-corrected chi connectivity index (χ3v) is 7.19. The van der Waals surface area contributed by atoms with Gasteiger partial charge in [0.15, 0.2) is 6.17 Å². The van der Waals surface area contributed by atoms with Crippen molar-refractivity contribution in [3.8, 4) is 0 Å². The van der Waals surface area contributed by atoms with Crippen LogP contribution in [0.25, 0.3) is 0 Å². The van der Waals surface area contributed by atoms with Crippen molar-refractivity contribution < 1.29 is 18.0 Å². The molecule has 6 nitrogen and oxygen atoms in total. The monoisotopic (exact) mass is 521 g/mol. The van der Waals surface area contributed by atoms with Crippen molar-refractivity contribution in [1.29, 1.82) is 0 Å². The summed E-state index contributed by atoms with van der Waals surface area (Å²) in [4.78, 5) is 26.2. The van der Waals surface area contributed by atoms with Crippen LogP contribution in [-0.2, 0) is 17.5 Å². The largest absolute Gasteiger partial charge is 0.417 e. The summed E-state index contributed by atoms with van der Waals surface area (Å²) in [5.41, 5.74) is 3.17. The Bertz CT molecular complexity index is 1330.